The molecule has 2 aliphatic rings. The summed E-state index contributed by atoms with van der Waals surface area (Å²) in [4.78, 5) is 5.35. The van der Waals surface area contributed by atoms with Crippen molar-refractivity contribution in [3.05, 3.63) is 35.4 Å². The summed E-state index contributed by atoms with van der Waals surface area (Å²) < 4.78 is 0. The molecule has 0 bridgehead atoms. The zero-order valence-electron chi connectivity index (χ0n) is 13.7. The highest BCUT2D eigenvalue weighted by Crippen LogP contribution is 2.36. The van der Waals surface area contributed by atoms with Gasteiger partial charge in [-0.15, -0.1) is 0 Å². The molecule has 0 saturated carbocycles. The highest BCUT2D eigenvalue weighted by atomic mass is 15.3. The normalized spacial score (nSPS) is 29.2. The Labute approximate surface area is 129 Å². The zero-order chi connectivity index (χ0) is 14.8. The van der Waals surface area contributed by atoms with Gasteiger partial charge in [0.2, 0.25) is 0 Å². The van der Waals surface area contributed by atoms with Crippen LogP contribution in [0.15, 0.2) is 24.3 Å². The SMILES string of the molecule is CCN(CC)C1CCN(C2Cc3ccccc3C2NC)C1. The molecule has 1 aliphatic heterocycles. The highest BCUT2D eigenvalue weighted by Gasteiger charge is 2.39. The summed E-state index contributed by atoms with van der Waals surface area (Å²) in [6.45, 7) is 9.41. The molecule has 0 spiro atoms. The Hall–Kier alpha value is -0.900. The summed E-state index contributed by atoms with van der Waals surface area (Å²) in [6, 6.07) is 10.8. The summed E-state index contributed by atoms with van der Waals surface area (Å²) in [6.07, 6.45) is 2.53. The van der Waals surface area contributed by atoms with E-state index in [-0.39, 0.29) is 0 Å². The molecule has 0 amide bonds. The Bertz CT molecular complexity index is 469. The van der Waals surface area contributed by atoms with Crippen molar-refractivity contribution in [2.45, 2.75) is 44.8 Å². The molecule has 1 aromatic carbocycles. The first-order chi connectivity index (χ1) is 10.3. The molecule has 0 radical (unpaired) electrons. The standard InChI is InChI=1S/C18H29N3/c1-4-20(5-2)15-10-11-21(13-15)17-12-14-8-6-7-9-16(14)18(17)19-3/h6-9,15,17-19H,4-5,10-13H2,1-3H3. The van der Waals surface area contributed by atoms with E-state index in [1.54, 1.807) is 0 Å². The van der Waals surface area contributed by atoms with E-state index >= 15 is 0 Å². The van der Waals surface area contributed by atoms with Crippen molar-refractivity contribution < 1.29 is 0 Å². The first-order valence-corrected chi connectivity index (χ1v) is 8.51. The fraction of sp³-hybridized carbons (Fsp3) is 0.667. The largest absolute Gasteiger partial charge is 0.312 e. The summed E-state index contributed by atoms with van der Waals surface area (Å²) in [5.41, 5.74) is 3.05. The summed E-state index contributed by atoms with van der Waals surface area (Å²) >= 11 is 0. The molecule has 1 heterocycles. The van der Waals surface area contributed by atoms with Crippen molar-refractivity contribution in [3.63, 3.8) is 0 Å². The van der Waals surface area contributed by atoms with Crippen LogP contribution in [0.2, 0.25) is 0 Å². The summed E-state index contributed by atoms with van der Waals surface area (Å²) in [5, 5.41) is 3.56. The van der Waals surface area contributed by atoms with E-state index in [0.29, 0.717) is 12.1 Å². The second kappa shape index (κ2) is 6.47. The second-order valence-corrected chi connectivity index (χ2v) is 6.40. The van der Waals surface area contributed by atoms with Crippen LogP contribution in [0.4, 0.5) is 0 Å². The van der Waals surface area contributed by atoms with Crippen LogP contribution in [-0.4, -0.2) is 55.1 Å². The molecular weight excluding hydrogens is 258 g/mol. The number of nitrogens with one attached hydrogen (secondary N) is 1. The molecule has 1 fully saturated rings. The minimum Gasteiger partial charge on any atom is -0.312 e. The topological polar surface area (TPSA) is 18.5 Å². The fourth-order valence-corrected chi connectivity index (χ4v) is 4.37. The van der Waals surface area contributed by atoms with Crippen LogP contribution < -0.4 is 5.32 Å². The van der Waals surface area contributed by atoms with Gasteiger partial charge < -0.3 is 5.32 Å². The lowest BCUT2D eigenvalue weighted by molar-refractivity contribution is 0.171. The van der Waals surface area contributed by atoms with Gasteiger partial charge >= 0.3 is 0 Å². The molecule has 3 heteroatoms. The van der Waals surface area contributed by atoms with Crippen LogP contribution in [0.1, 0.15) is 37.4 Å². The molecular formula is C18H29N3. The highest BCUT2D eigenvalue weighted by molar-refractivity contribution is 5.37. The molecule has 21 heavy (non-hydrogen) atoms. The van der Waals surface area contributed by atoms with Gasteiger partial charge in [0.05, 0.1) is 0 Å². The minimum atomic E-state index is 0.497. The van der Waals surface area contributed by atoms with Crippen molar-refractivity contribution in [1.29, 1.82) is 0 Å². The van der Waals surface area contributed by atoms with Crippen LogP contribution in [-0.2, 0) is 6.42 Å². The summed E-state index contributed by atoms with van der Waals surface area (Å²) in [5.74, 6) is 0. The molecule has 1 aliphatic carbocycles. The predicted octanol–water partition coefficient (Wildman–Crippen LogP) is 2.29. The monoisotopic (exact) mass is 287 g/mol. The molecule has 1 N–H and O–H groups in total. The van der Waals surface area contributed by atoms with E-state index in [2.05, 4.69) is 60.3 Å². The van der Waals surface area contributed by atoms with Gasteiger partial charge in [-0.1, -0.05) is 38.1 Å². The average molecular weight is 287 g/mol. The van der Waals surface area contributed by atoms with Crippen molar-refractivity contribution in [2.24, 2.45) is 0 Å². The van der Waals surface area contributed by atoms with Gasteiger partial charge in [0.25, 0.3) is 0 Å². The third-order valence-corrected chi connectivity index (χ3v) is 5.51. The van der Waals surface area contributed by atoms with Crippen molar-refractivity contribution in [2.75, 3.05) is 33.2 Å². The minimum absolute atomic E-state index is 0.497. The van der Waals surface area contributed by atoms with Gasteiger partial charge in [-0.2, -0.15) is 0 Å². The quantitative estimate of drug-likeness (QED) is 0.896. The van der Waals surface area contributed by atoms with Crippen LogP contribution in [0.25, 0.3) is 0 Å². The first-order valence-electron chi connectivity index (χ1n) is 8.51. The summed E-state index contributed by atoms with van der Waals surface area (Å²) in [7, 11) is 2.11. The number of fused-ring (bicyclic) bond motifs is 1. The fourth-order valence-electron chi connectivity index (χ4n) is 4.37. The maximum absolute atomic E-state index is 3.56. The number of likely N-dealkylation sites (tertiary alicyclic amines) is 1. The Morgan fingerprint density at radius 3 is 2.71 bits per heavy atom. The molecule has 0 aromatic heterocycles. The van der Waals surface area contributed by atoms with E-state index in [4.69, 9.17) is 0 Å². The lowest BCUT2D eigenvalue weighted by Crippen LogP contribution is -2.43. The molecule has 3 nitrogen and oxygen atoms in total. The Balaban J connectivity index is 1.71. The third-order valence-electron chi connectivity index (χ3n) is 5.51. The average Bonchev–Trinajstić information content (AvgIpc) is 3.12. The van der Waals surface area contributed by atoms with E-state index in [9.17, 15) is 0 Å². The van der Waals surface area contributed by atoms with Gasteiger partial charge in [-0.05, 0) is 44.1 Å². The molecule has 3 atom stereocenters. The lowest BCUT2D eigenvalue weighted by Gasteiger charge is -2.31. The second-order valence-electron chi connectivity index (χ2n) is 6.40. The molecule has 1 saturated heterocycles. The van der Waals surface area contributed by atoms with E-state index < -0.39 is 0 Å². The van der Waals surface area contributed by atoms with Crippen LogP contribution in [0, 0.1) is 0 Å². The molecule has 3 rings (SSSR count). The van der Waals surface area contributed by atoms with E-state index in [1.165, 1.54) is 50.1 Å². The van der Waals surface area contributed by atoms with Crippen molar-refractivity contribution in [3.8, 4) is 0 Å². The van der Waals surface area contributed by atoms with Crippen molar-refractivity contribution in [1.82, 2.24) is 15.1 Å². The lowest BCUT2D eigenvalue weighted by atomic mass is 10.1. The van der Waals surface area contributed by atoms with Crippen molar-refractivity contribution >= 4 is 0 Å². The Kier molecular flexibility index (Phi) is 4.63. The van der Waals surface area contributed by atoms with Gasteiger partial charge in [-0.3, -0.25) is 9.80 Å². The van der Waals surface area contributed by atoms with E-state index in [1.807, 2.05) is 0 Å². The molecule has 116 valence electrons. The third kappa shape index (κ3) is 2.75. The Morgan fingerprint density at radius 2 is 2.00 bits per heavy atom. The molecule has 3 unspecified atom stereocenters. The van der Waals surface area contributed by atoms with Gasteiger partial charge in [0, 0.05) is 31.2 Å². The predicted molar refractivity (Wildman–Crippen MR) is 88.6 cm³/mol. The first kappa shape index (κ1) is 15.0. The smallest absolute Gasteiger partial charge is 0.0481 e. The van der Waals surface area contributed by atoms with Gasteiger partial charge in [-0.25, -0.2) is 0 Å². The van der Waals surface area contributed by atoms with Crippen LogP contribution in [0.3, 0.4) is 0 Å². The zero-order valence-corrected chi connectivity index (χ0v) is 13.7. The number of nitrogens with zero attached hydrogens (tertiary/aromatic N) is 2. The van der Waals surface area contributed by atoms with E-state index in [0.717, 1.165) is 6.04 Å². The van der Waals surface area contributed by atoms with Gasteiger partial charge in [0.15, 0.2) is 0 Å². The number of rotatable bonds is 5. The maximum Gasteiger partial charge on any atom is 0.0481 e. The molecule has 1 aromatic rings. The maximum atomic E-state index is 3.56. The number of benzene rings is 1. The van der Waals surface area contributed by atoms with Crippen LogP contribution >= 0.6 is 0 Å². The number of hydrogen-bond donors (Lipinski definition) is 1. The Morgan fingerprint density at radius 1 is 1.24 bits per heavy atom. The number of hydrogen-bond acceptors (Lipinski definition) is 3. The van der Waals surface area contributed by atoms with Gasteiger partial charge in [0.1, 0.15) is 0 Å². The number of likely N-dealkylation sites (N-methyl/N-ethyl adjacent to an activating group) is 2. The van der Waals surface area contributed by atoms with Crippen LogP contribution in [0.5, 0.6) is 0 Å².